The first-order chi connectivity index (χ1) is 10.6. The first-order valence-electron chi connectivity index (χ1n) is 8.49. The van der Waals surface area contributed by atoms with E-state index in [4.69, 9.17) is 0 Å². The summed E-state index contributed by atoms with van der Waals surface area (Å²) >= 11 is 0. The Morgan fingerprint density at radius 3 is 2.68 bits per heavy atom. The average molecular weight is 301 g/mol. The smallest absolute Gasteiger partial charge is 0.241 e. The van der Waals surface area contributed by atoms with Crippen LogP contribution in [0.4, 0.5) is 5.69 Å². The van der Waals surface area contributed by atoms with E-state index in [0.29, 0.717) is 18.6 Å². The molecular formula is C18H27N3O. The number of fused-ring (bicyclic) bond motifs is 2. The van der Waals surface area contributed by atoms with Gasteiger partial charge in [0.25, 0.3) is 0 Å². The zero-order valence-electron chi connectivity index (χ0n) is 13.7. The van der Waals surface area contributed by atoms with Crippen molar-refractivity contribution in [2.45, 2.75) is 51.2 Å². The lowest BCUT2D eigenvalue weighted by atomic mass is 10.1. The van der Waals surface area contributed by atoms with E-state index < -0.39 is 0 Å². The summed E-state index contributed by atoms with van der Waals surface area (Å²) in [7, 11) is 0. The summed E-state index contributed by atoms with van der Waals surface area (Å²) in [5.74, 6) is 0.207. The lowest BCUT2D eigenvalue weighted by Crippen LogP contribution is -2.46. The minimum absolute atomic E-state index is 0.177. The van der Waals surface area contributed by atoms with Crippen LogP contribution >= 0.6 is 0 Å². The topological polar surface area (TPSA) is 35.6 Å². The van der Waals surface area contributed by atoms with Crippen LogP contribution in [0.2, 0.25) is 0 Å². The molecule has 2 saturated heterocycles. The molecule has 3 rings (SSSR count). The lowest BCUT2D eigenvalue weighted by molar-refractivity contribution is -0.120. The van der Waals surface area contributed by atoms with Crippen molar-refractivity contribution in [3.63, 3.8) is 0 Å². The van der Waals surface area contributed by atoms with E-state index in [2.05, 4.69) is 24.1 Å². The van der Waals surface area contributed by atoms with Crippen molar-refractivity contribution in [3.8, 4) is 0 Å². The molecule has 2 atom stereocenters. The normalized spacial score (nSPS) is 25.2. The van der Waals surface area contributed by atoms with Crippen molar-refractivity contribution in [2.75, 3.05) is 24.5 Å². The van der Waals surface area contributed by atoms with Crippen molar-refractivity contribution in [1.82, 2.24) is 10.2 Å². The highest BCUT2D eigenvalue weighted by molar-refractivity contribution is 5.95. The van der Waals surface area contributed by atoms with E-state index in [1.54, 1.807) is 0 Å². The first kappa shape index (κ1) is 15.5. The van der Waals surface area contributed by atoms with Gasteiger partial charge in [-0.25, -0.2) is 0 Å². The van der Waals surface area contributed by atoms with Gasteiger partial charge in [0.1, 0.15) is 0 Å². The molecular weight excluding hydrogens is 274 g/mol. The molecule has 0 saturated carbocycles. The average Bonchev–Trinajstić information content (AvgIpc) is 2.82. The third-order valence-electron chi connectivity index (χ3n) is 4.79. The summed E-state index contributed by atoms with van der Waals surface area (Å²) in [5, 5.41) is 3.67. The van der Waals surface area contributed by atoms with Gasteiger partial charge in [0.05, 0.1) is 6.54 Å². The number of nitrogens with zero attached hydrogens (tertiary/aromatic N) is 2. The second-order valence-electron chi connectivity index (χ2n) is 6.85. The van der Waals surface area contributed by atoms with Gasteiger partial charge in [-0.2, -0.15) is 0 Å². The number of carbonyl (C=O) groups excluding carboxylic acids is 1. The van der Waals surface area contributed by atoms with Crippen LogP contribution in [0.3, 0.4) is 0 Å². The number of hydrogen-bond donors (Lipinski definition) is 1. The Morgan fingerprint density at radius 1 is 1.23 bits per heavy atom. The molecule has 120 valence electrons. The number of likely N-dealkylation sites (tertiary alicyclic amines) is 1. The second kappa shape index (κ2) is 6.80. The van der Waals surface area contributed by atoms with Crippen LogP contribution in [0.1, 0.15) is 33.1 Å². The van der Waals surface area contributed by atoms with E-state index in [1.165, 1.54) is 12.8 Å². The van der Waals surface area contributed by atoms with Crippen molar-refractivity contribution in [3.05, 3.63) is 30.3 Å². The molecule has 0 aliphatic carbocycles. The van der Waals surface area contributed by atoms with Gasteiger partial charge in [0.15, 0.2) is 0 Å². The minimum atomic E-state index is 0.177. The largest absolute Gasteiger partial charge is 0.310 e. The van der Waals surface area contributed by atoms with Gasteiger partial charge in [0, 0.05) is 36.9 Å². The third kappa shape index (κ3) is 3.50. The molecule has 2 aliphatic heterocycles. The number of rotatable bonds is 4. The molecule has 0 spiro atoms. The molecule has 2 heterocycles. The molecule has 2 unspecified atom stereocenters. The highest BCUT2D eigenvalue weighted by Crippen LogP contribution is 2.21. The van der Waals surface area contributed by atoms with E-state index in [9.17, 15) is 4.79 Å². The zero-order valence-corrected chi connectivity index (χ0v) is 13.7. The van der Waals surface area contributed by atoms with Crippen LogP contribution in [-0.2, 0) is 4.79 Å². The predicted octanol–water partition coefficient (Wildman–Crippen LogP) is 2.25. The van der Waals surface area contributed by atoms with Gasteiger partial charge in [-0.1, -0.05) is 18.2 Å². The van der Waals surface area contributed by atoms with E-state index in [-0.39, 0.29) is 11.9 Å². The monoisotopic (exact) mass is 301 g/mol. The fourth-order valence-corrected chi connectivity index (χ4v) is 3.75. The fraction of sp³-hybridized carbons (Fsp3) is 0.611. The molecule has 22 heavy (non-hydrogen) atoms. The maximum Gasteiger partial charge on any atom is 0.241 e. The minimum Gasteiger partial charge on any atom is -0.310 e. The van der Waals surface area contributed by atoms with Crippen LogP contribution in [0.25, 0.3) is 0 Å². The number of anilines is 1. The molecule has 2 fully saturated rings. The second-order valence-corrected chi connectivity index (χ2v) is 6.85. The Balaban J connectivity index is 1.66. The molecule has 1 aromatic rings. The standard InChI is InChI=1S/C18H27N3O/c1-14(2)21(17-6-4-3-5-7-17)18(22)13-20-11-10-15-8-9-16(12-20)19-15/h3-7,14-16,19H,8-13H2,1-2H3. The van der Waals surface area contributed by atoms with Crippen LogP contribution in [0.15, 0.2) is 30.3 Å². The number of para-hydroxylation sites is 1. The van der Waals surface area contributed by atoms with E-state index >= 15 is 0 Å². The van der Waals surface area contributed by atoms with Crippen LogP contribution in [0, 0.1) is 0 Å². The lowest BCUT2D eigenvalue weighted by Gasteiger charge is -2.30. The SMILES string of the molecule is CC(C)N(C(=O)CN1CCC2CCC(C1)N2)c1ccccc1. The van der Waals surface area contributed by atoms with Crippen molar-refractivity contribution in [2.24, 2.45) is 0 Å². The summed E-state index contributed by atoms with van der Waals surface area (Å²) in [4.78, 5) is 17.1. The summed E-state index contributed by atoms with van der Waals surface area (Å²) in [5.41, 5.74) is 0.997. The van der Waals surface area contributed by atoms with Gasteiger partial charge in [-0.15, -0.1) is 0 Å². The maximum atomic E-state index is 12.8. The van der Waals surface area contributed by atoms with E-state index in [1.807, 2.05) is 35.2 Å². The van der Waals surface area contributed by atoms with Gasteiger partial charge in [0.2, 0.25) is 5.91 Å². The Bertz CT molecular complexity index is 502. The highest BCUT2D eigenvalue weighted by atomic mass is 16.2. The zero-order chi connectivity index (χ0) is 15.5. The van der Waals surface area contributed by atoms with Crippen LogP contribution in [-0.4, -0.2) is 48.6 Å². The molecule has 4 nitrogen and oxygen atoms in total. The highest BCUT2D eigenvalue weighted by Gasteiger charge is 2.31. The Kier molecular flexibility index (Phi) is 4.79. The molecule has 1 amide bonds. The summed E-state index contributed by atoms with van der Waals surface area (Å²) in [6, 6.07) is 11.4. The van der Waals surface area contributed by atoms with Crippen molar-refractivity contribution >= 4 is 11.6 Å². The van der Waals surface area contributed by atoms with Crippen LogP contribution < -0.4 is 10.2 Å². The molecule has 1 N–H and O–H groups in total. The summed E-state index contributed by atoms with van der Waals surface area (Å²) in [6.07, 6.45) is 3.72. The predicted molar refractivity (Wildman–Crippen MR) is 90.1 cm³/mol. The fourth-order valence-electron chi connectivity index (χ4n) is 3.75. The summed E-state index contributed by atoms with van der Waals surface area (Å²) in [6.45, 7) is 6.72. The number of carbonyl (C=O) groups is 1. The molecule has 2 bridgehead atoms. The van der Waals surface area contributed by atoms with Gasteiger partial charge in [-0.05, 0) is 45.2 Å². The Morgan fingerprint density at radius 2 is 1.95 bits per heavy atom. The number of nitrogens with one attached hydrogen (secondary N) is 1. The number of hydrogen-bond acceptors (Lipinski definition) is 3. The van der Waals surface area contributed by atoms with Gasteiger partial charge < -0.3 is 10.2 Å². The van der Waals surface area contributed by atoms with E-state index in [0.717, 1.165) is 25.2 Å². The molecule has 0 aromatic heterocycles. The molecule has 2 aliphatic rings. The van der Waals surface area contributed by atoms with Crippen LogP contribution in [0.5, 0.6) is 0 Å². The summed E-state index contributed by atoms with van der Waals surface area (Å²) < 4.78 is 0. The number of benzene rings is 1. The Hall–Kier alpha value is -1.39. The maximum absolute atomic E-state index is 12.8. The third-order valence-corrected chi connectivity index (χ3v) is 4.79. The van der Waals surface area contributed by atoms with Gasteiger partial charge in [-0.3, -0.25) is 9.69 Å². The quantitative estimate of drug-likeness (QED) is 0.926. The molecule has 1 aromatic carbocycles. The first-order valence-corrected chi connectivity index (χ1v) is 8.49. The molecule has 0 radical (unpaired) electrons. The molecule has 4 heteroatoms. The van der Waals surface area contributed by atoms with Gasteiger partial charge >= 0.3 is 0 Å². The van der Waals surface area contributed by atoms with Crippen molar-refractivity contribution < 1.29 is 4.79 Å². The Labute approximate surface area is 133 Å². The number of amides is 1. The van der Waals surface area contributed by atoms with Crippen molar-refractivity contribution in [1.29, 1.82) is 0 Å².